The van der Waals surface area contributed by atoms with Crippen molar-refractivity contribution < 1.29 is 9.53 Å². The zero-order chi connectivity index (χ0) is 12.8. The van der Waals surface area contributed by atoms with E-state index in [1.165, 1.54) is 12.8 Å². The number of hydrogen-bond donors (Lipinski definition) is 0. The van der Waals surface area contributed by atoms with Gasteiger partial charge in [-0.1, -0.05) is 12.0 Å². The molecule has 1 aliphatic rings. The molecule has 2 heteroatoms. The quantitative estimate of drug-likeness (QED) is 0.450. The van der Waals surface area contributed by atoms with Crippen molar-refractivity contribution in [2.45, 2.75) is 25.7 Å². The highest BCUT2D eigenvalue weighted by molar-refractivity contribution is 6.09. The van der Waals surface area contributed by atoms with Crippen molar-refractivity contribution in [3.63, 3.8) is 0 Å². The predicted molar refractivity (Wildman–Crippen MR) is 71.7 cm³/mol. The highest BCUT2D eigenvalue weighted by atomic mass is 16.5. The summed E-state index contributed by atoms with van der Waals surface area (Å²) in [5.41, 5.74) is 1.71. The Labute approximate surface area is 108 Å². The number of methoxy groups -OCH3 is 1. The van der Waals surface area contributed by atoms with Crippen LogP contribution in [0, 0.1) is 11.8 Å². The van der Waals surface area contributed by atoms with E-state index in [2.05, 4.69) is 17.9 Å². The third-order valence-corrected chi connectivity index (χ3v) is 2.98. The molecule has 0 bridgehead atoms. The molecule has 0 spiro atoms. The van der Waals surface area contributed by atoms with Crippen LogP contribution in [0.25, 0.3) is 0 Å². The van der Waals surface area contributed by atoms with E-state index in [1.807, 2.05) is 0 Å². The van der Waals surface area contributed by atoms with E-state index in [1.54, 1.807) is 31.4 Å². The Balaban J connectivity index is 2.07. The Bertz CT molecular complexity index is 512. The molecule has 0 aromatic heterocycles. The lowest BCUT2D eigenvalue weighted by atomic mass is 10.00. The molecule has 0 saturated carbocycles. The fraction of sp³-hybridized carbons (Fsp3) is 0.312. The largest absolute Gasteiger partial charge is 0.497 e. The summed E-state index contributed by atoms with van der Waals surface area (Å²) in [6, 6.07) is 7.03. The van der Waals surface area contributed by atoms with Crippen LogP contribution >= 0.6 is 0 Å². The summed E-state index contributed by atoms with van der Waals surface area (Å²) in [5.74, 6) is 6.30. The number of hydrogen-bond acceptors (Lipinski definition) is 2. The maximum Gasteiger partial charge on any atom is 0.236 e. The van der Waals surface area contributed by atoms with Crippen molar-refractivity contribution in [1.29, 1.82) is 0 Å². The lowest BCUT2D eigenvalue weighted by Crippen LogP contribution is -1.96. The number of ether oxygens (including phenoxy) is 1. The molecule has 1 aromatic rings. The van der Waals surface area contributed by atoms with Gasteiger partial charge in [0.1, 0.15) is 5.75 Å². The van der Waals surface area contributed by atoms with Gasteiger partial charge >= 0.3 is 0 Å². The molecule has 0 atom stereocenters. The molecule has 18 heavy (non-hydrogen) atoms. The molecule has 92 valence electrons. The van der Waals surface area contributed by atoms with E-state index >= 15 is 0 Å². The summed E-state index contributed by atoms with van der Waals surface area (Å²) < 4.78 is 5.05. The maximum absolute atomic E-state index is 11.8. The van der Waals surface area contributed by atoms with E-state index in [0.717, 1.165) is 24.2 Å². The van der Waals surface area contributed by atoms with Gasteiger partial charge in [0.15, 0.2) is 0 Å². The average molecular weight is 240 g/mol. The van der Waals surface area contributed by atoms with Crippen LogP contribution in [0.4, 0.5) is 0 Å². The number of Topliss-reactive ketones (excluding diaryl/α,β-unsaturated/α-hetero) is 1. The molecule has 0 unspecified atom stereocenters. The van der Waals surface area contributed by atoms with Crippen LogP contribution < -0.4 is 4.74 Å². The lowest BCUT2D eigenvalue weighted by molar-refractivity contribution is 0.105. The highest BCUT2D eigenvalue weighted by Crippen LogP contribution is 2.16. The highest BCUT2D eigenvalue weighted by Gasteiger charge is 2.03. The van der Waals surface area contributed by atoms with E-state index in [4.69, 9.17) is 4.74 Å². The molecular weight excluding hydrogens is 224 g/mol. The molecule has 0 aliphatic heterocycles. The zero-order valence-corrected chi connectivity index (χ0v) is 10.5. The fourth-order valence-corrected chi connectivity index (χ4v) is 1.90. The predicted octanol–water partition coefficient (Wildman–Crippen LogP) is 3.38. The van der Waals surface area contributed by atoms with Gasteiger partial charge in [-0.15, -0.1) is 0 Å². The summed E-state index contributed by atoms with van der Waals surface area (Å²) in [4.78, 5) is 11.8. The van der Waals surface area contributed by atoms with Gasteiger partial charge in [-0.25, -0.2) is 0 Å². The van der Waals surface area contributed by atoms with Crippen LogP contribution in [0.15, 0.2) is 35.9 Å². The van der Waals surface area contributed by atoms with Crippen LogP contribution in [0.3, 0.4) is 0 Å². The van der Waals surface area contributed by atoms with Crippen molar-refractivity contribution >= 4 is 5.78 Å². The Hall–Kier alpha value is -2.01. The lowest BCUT2D eigenvalue weighted by Gasteiger charge is -2.05. The second-order valence-corrected chi connectivity index (χ2v) is 4.28. The van der Waals surface area contributed by atoms with Gasteiger partial charge in [0.25, 0.3) is 0 Å². The molecule has 0 N–H and O–H groups in total. The molecule has 2 nitrogen and oxygen atoms in total. The number of carbonyl (C=O) groups excluding carboxylic acids is 1. The molecule has 0 heterocycles. The molecular formula is C16H16O2. The van der Waals surface area contributed by atoms with Crippen molar-refractivity contribution in [3.05, 3.63) is 41.5 Å². The standard InChI is InChI=1S/C16H16O2/c1-18-15-10-8-14(9-11-15)16(17)12-7-13-5-3-2-4-6-13/h5,8-11H,2-4,6H2,1H3. The van der Waals surface area contributed by atoms with Gasteiger partial charge < -0.3 is 4.74 Å². The number of allylic oxidation sites excluding steroid dienone is 2. The first-order chi connectivity index (χ1) is 8.79. The van der Waals surface area contributed by atoms with Gasteiger partial charge in [0, 0.05) is 5.56 Å². The van der Waals surface area contributed by atoms with Crippen LogP contribution in [-0.4, -0.2) is 12.9 Å². The van der Waals surface area contributed by atoms with E-state index in [0.29, 0.717) is 5.56 Å². The first kappa shape index (κ1) is 12.4. The minimum atomic E-state index is -0.135. The molecule has 0 fully saturated rings. The van der Waals surface area contributed by atoms with Crippen LogP contribution in [0.5, 0.6) is 5.75 Å². The van der Waals surface area contributed by atoms with Gasteiger partial charge in [0.05, 0.1) is 7.11 Å². The summed E-state index contributed by atoms with van der Waals surface area (Å²) in [6.45, 7) is 0. The van der Waals surface area contributed by atoms with Crippen molar-refractivity contribution in [1.82, 2.24) is 0 Å². The SMILES string of the molecule is COc1ccc(C(=O)C#CC2=CCCCC2)cc1. The summed E-state index contributed by atoms with van der Waals surface area (Å²) in [6.07, 6.45) is 6.64. The molecule has 1 aromatic carbocycles. The first-order valence-corrected chi connectivity index (χ1v) is 6.19. The second-order valence-electron chi connectivity index (χ2n) is 4.28. The minimum absolute atomic E-state index is 0.135. The van der Waals surface area contributed by atoms with Crippen molar-refractivity contribution in [2.24, 2.45) is 0 Å². The van der Waals surface area contributed by atoms with E-state index < -0.39 is 0 Å². The summed E-state index contributed by atoms with van der Waals surface area (Å²) in [5, 5.41) is 0. The Morgan fingerprint density at radius 1 is 1.22 bits per heavy atom. The zero-order valence-electron chi connectivity index (χ0n) is 10.5. The average Bonchev–Trinajstić information content (AvgIpc) is 2.46. The third-order valence-electron chi connectivity index (χ3n) is 2.98. The summed E-state index contributed by atoms with van der Waals surface area (Å²) in [7, 11) is 1.60. The second kappa shape index (κ2) is 6.07. The fourth-order valence-electron chi connectivity index (χ4n) is 1.90. The number of ketones is 1. The van der Waals surface area contributed by atoms with Gasteiger partial charge in [-0.05, 0) is 61.4 Å². The third kappa shape index (κ3) is 3.24. The van der Waals surface area contributed by atoms with Gasteiger partial charge in [-0.2, -0.15) is 0 Å². The Morgan fingerprint density at radius 2 is 2.00 bits per heavy atom. The molecule has 0 saturated heterocycles. The van der Waals surface area contributed by atoms with Crippen molar-refractivity contribution in [3.8, 4) is 17.6 Å². The van der Waals surface area contributed by atoms with E-state index in [-0.39, 0.29) is 5.78 Å². The number of rotatable bonds is 2. The smallest absolute Gasteiger partial charge is 0.236 e. The molecule has 0 amide bonds. The van der Waals surface area contributed by atoms with Crippen LogP contribution in [0.1, 0.15) is 36.0 Å². The van der Waals surface area contributed by atoms with Crippen LogP contribution in [0.2, 0.25) is 0 Å². The Morgan fingerprint density at radius 3 is 2.61 bits per heavy atom. The van der Waals surface area contributed by atoms with Gasteiger partial charge in [-0.3, -0.25) is 4.79 Å². The molecule has 1 aliphatic carbocycles. The number of benzene rings is 1. The van der Waals surface area contributed by atoms with Crippen molar-refractivity contribution in [2.75, 3.05) is 7.11 Å². The monoisotopic (exact) mass is 240 g/mol. The van der Waals surface area contributed by atoms with Gasteiger partial charge in [0.2, 0.25) is 5.78 Å². The maximum atomic E-state index is 11.8. The number of carbonyl (C=O) groups is 1. The topological polar surface area (TPSA) is 26.3 Å². The normalized spacial score (nSPS) is 14.2. The Kier molecular flexibility index (Phi) is 4.20. The molecule has 0 radical (unpaired) electrons. The van der Waals surface area contributed by atoms with Crippen LogP contribution in [-0.2, 0) is 0 Å². The minimum Gasteiger partial charge on any atom is -0.497 e. The molecule has 2 rings (SSSR count). The van der Waals surface area contributed by atoms with E-state index in [9.17, 15) is 4.79 Å². The first-order valence-electron chi connectivity index (χ1n) is 6.19. The summed E-state index contributed by atoms with van der Waals surface area (Å²) >= 11 is 0.